The summed E-state index contributed by atoms with van der Waals surface area (Å²) in [6, 6.07) is -0.481. The molecule has 1 heterocycles. The number of likely N-dealkylation sites (N-methyl/N-ethyl adjacent to an activating group) is 1. The first-order valence-corrected chi connectivity index (χ1v) is 8.16. The Morgan fingerprint density at radius 2 is 2.05 bits per heavy atom. The summed E-state index contributed by atoms with van der Waals surface area (Å²) >= 11 is 0. The highest BCUT2D eigenvalue weighted by Crippen LogP contribution is 2.20. The summed E-state index contributed by atoms with van der Waals surface area (Å²) < 4.78 is 5.43. The largest absolute Gasteiger partial charge is 0.444 e. The van der Waals surface area contributed by atoms with E-state index in [0.29, 0.717) is 19.6 Å². The maximum Gasteiger partial charge on any atom is 0.410 e. The van der Waals surface area contributed by atoms with Crippen LogP contribution in [0.2, 0.25) is 0 Å². The van der Waals surface area contributed by atoms with E-state index in [1.165, 1.54) is 0 Å². The van der Waals surface area contributed by atoms with Gasteiger partial charge in [0.25, 0.3) is 0 Å². The molecule has 128 valence electrons. The fourth-order valence-corrected chi connectivity index (χ4v) is 2.68. The van der Waals surface area contributed by atoms with Crippen LogP contribution in [0.1, 0.15) is 47.5 Å². The molecule has 1 aliphatic heterocycles. The van der Waals surface area contributed by atoms with Gasteiger partial charge in [-0.3, -0.25) is 4.79 Å². The number of piperidine rings is 1. The molecule has 0 radical (unpaired) electrons. The standard InChI is InChI=1S/C16H31N3O3/c1-6-18(14(20)12(2)17)10-13-8-7-9-19(11-13)15(21)22-16(3,4)5/h12-13H,6-11,17H2,1-5H3/t12-,13-/m0/s1. The first kappa shape index (κ1) is 18.7. The Morgan fingerprint density at radius 1 is 1.41 bits per heavy atom. The molecule has 0 aromatic rings. The number of likely N-dealkylation sites (tertiary alicyclic amines) is 1. The third kappa shape index (κ3) is 5.83. The maximum absolute atomic E-state index is 12.2. The van der Waals surface area contributed by atoms with Crippen LogP contribution in [-0.4, -0.2) is 59.6 Å². The van der Waals surface area contributed by atoms with Gasteiger partial charge >= 0.3 is 6.09 Å². The molecule has 22 heavy (non-hydrogen) atoms. The Morgan fingerprint density at radius 3 is 2.55 bits per heavy atom. The molecule has 0 saturated carbocycles. The van der Waals surface area contributed by atoms with E-state index in [1.807, 2.05) is 27.7 Å². The van der Waals surface area contributed by atoms with Crippen LogP contribution in [0.3, 0.4) is 0 Å². The van der Waals surface area contributed by atoms with Crippen LogP contribution < -0.4 is 5.73 Å². The van der Waals surface area contributed by atoms with Gasteiger partial charge in [0, 0.05) is 26.2 Å². The molecule has 0 aliphatic carbocycles. The van der Waals surface area contributed by atoms with Crippen molar-refractivity contribution in [2.75, 3.05) is 26.2 Å². The molecule has 0 spiro atoms. The molecule has 1 fully saturated rings. The molecule has 0 aromatic carbocycles. The smallest absolute Gasteiger partial charge is 0.410 e. The van der Waals surface area contributed by atoms with E-state index in [4.69, 9.17) is 10.5 Å². The monoisotopic (exact) mass is 313 g/mol. The van der Waals surface area contributed by atoms with Crippen molar-refractivity contribution < 1.29 is 14.3 Å². The molecule has 0 aromatic heterocycles. The quantitative estimate of drug-likeness (QED) is 0.859. The van der Waals surface area contributed by atoms with Gasteiger partial charge in [-0.15, -0.1) is 0 Å². The molecule has 6 nitrogen and oxygen atoms in total. The van der Waals surface area contributed by atoms with E-state index in [0.717, 1.165) is 19.4 Å². The zero-order chi connectivity index (χ0) is 16.9. The van der Waals surface area contributed by atoms with Crippen LogP contribution in [0.15, 0.2) is 0 Å². The second-order valence-electron chi connectivity index (χ2n) is 7.10. The van der Waals surface area contributed by atoms with E-state index in [1.54, 1.807) is 16.7 Å². The normalized spacial score (nSPS) is 20.5. The second kappa shape index (κ2) is 7.81. The van der Waals surface area contributed by atoms with E-state index in [9.17, 15) is 9.59 Å². The minimum absolute atomic E-state index is 0.0307. The van der Waals surface area contributed by atoms with Crippen molar-refractivity contribution in [3.63, 3.8) is 0 Å². The molecule has 1 aliphatic rings. The third-order valence-corrected chi connectivity index (χ3v) is 3.73. The lowest BCUT2D eigenvalue weighted by molar-refractivity contribution is -0.132. The number of rotatable bonds is 4. The van der Waals surface area contributed by atoms with Crippen molar-refractivity contribution in [2.24, 2.45) is 11.7 Å². The molecule has 0 unspecified atom stereocenters. The van der Waals surface area contributed by atoms with Crippen LogP contribution in [0.25, 0.3) is 0 Å². The zero-order valence-corrected chi connectivity index (χ0v) is 14.6. The van der Waals surface area contributed by atoms with Gasteiger partial charge in [-0.1, -0.05) is 0 Å². The molecule has 6 heteroatoms. The minimum Gasteiger partial charge on any atom is -0.444 e. The Balaban J connectivity index is 2.59. The van der Waals surface area contributed by atoms with Gasteiger partial charge in [0.05, 0.1) is 6.04 Å². The molecule has 2 atom stereocenters. The number of nitrogens with two attached hydrogens (primary N) is 1. The maximum atomic E-state index is 12.2. The van der Waals surface area contributed by atoms with Gasteiger partial charge in [-0.05, 0) is 53.4 Å². The number of ether oxygens (including phenoxy) is 1. The lowest BCUT2D eigenvalue weighted by Gasteiger charge is -2.36. The number of carbonyl (C=O) groups is 2. The summed E-state index contributed by atoms with van der Waals surface area (Å²) in [7, 11) is 0. The predicted molar refractivity (Wildman–Crippen MR) is 86.4 cm³/mol. The fraction of sp³-hybridized carbons (Fsp3) is 0.875. The number of nitrogens with zero attached hydrogens (tertiary/aromatic N) is 2. The highest BCUT2D eigenvalue weighted by Gasteiger charge is 2.29. The molecular formula is C16H31N3O3. The van der Waals surface area contributed by atoms with Gasteiger partial charge in [-0.25, -0.2) is 4.79 Å². The summed E-state index contributed by atoms with van der Waals surface area (Å²) in [4.78, 5) is 27.7. The summed E-state index contributed by atoms with van der Waals surface area (Å²) in [6.45, 7) is 11.9. The topological polar surface area (TPSA) is 75.9 Å². The average molecular weight is 313 g/mol. The fourth-order valence-electron chi connectivity index (χ4n) is 2.68. The molecule has 2 N–H and O–H groups in total. The van der Waals surface area contributed by atoms with Crippen LogP contribution in [0, 0.1) is 5.92 Å². The molecule has 1 saturated heterocycles. The van der Waals surface area contributed by atoms with E-state index < -0.39 is 11.6 Å². The molecule has 1 rings (SSSR count). The van der Waals surface area contributed by atoms with Crippen molar-refractivity contribution in [1.82, 2.24) is 9.80 Å². The van der Waals surface area contributed by atoms with E-state index in [2.05, 4.69) is 0 Å². The predicted octanol–water partition coefficient (Wildman–Crippen LogP) is 1.83. The van der Waals surface area contributed by atoms with Gasteiger partial charge in [0.2, 0.25) is 5.91 Å². The number of carbonyl (C=O) groups excluding carboxylic acids is 2. The van der Waals surface area contributed by atoms with Crippen LogP contribution in [0.4, 0.5) is 4.79 Å². The van der Waals surface area contributed by atoms with Crippen molar-refractivity contribution in [3.8, 4) is 0 Å². The first-order valence-electron chi connectivity index (χ1n) is 8.16. The van der Waals surface area contributed by atoms with Gasteiger partial charge in [-0.2, -0.15) is 0 Å². The van der Waals surface area contributed by atoms with Crippen molar-refractivity contribution in [3.05, 3.63) is 0 Å². The Kier molecular flexibility index (Phi) is 6.66. The summed E-state index contributed by atoms with van der Waals surface area (Å²) in [5, 5.41) is 0. The van der Waals surface area contributed by atoms with Gasteiger partial charge in [0.15, 0.2) is 0 Å². The Hall–Kier alpha value is -1.30. The highest BCUT2D eigenvalue weighted by atomic mass is 16.6. The van der Waals surface area contributed by atoms with Crippen molar-refractivity contribution in [1.29, 1.82) is 0 Å². The Labute approximate surface area is 134 Å². The highest BCUT2D eigenvalue weighted by molar-refractivity contribution is 5.81. The molecule has 0 bridgehead atoms. The zero-order valence-electron chi connectivity index (χ0n) is 14.6. The van der Waals surface area contributed by atoms with Crippen LogP contribution >= 0.6 is 0 Å². The number of hydrogen-bond acceptors (Lipinski definition) is 4. The first-order chi connectivity index (χ1) is 10.1. The lowest BCUT2D eigenvalue weighted by Crippen LogP contribution is -2.48. The number of hydrogen-bond donors (Lipinski definition) is 1. The summed E-state index contributed by atoms with van der Waals surface area (Å²) in [5.74, 6) is 0.251. The summed E-state index contributed by atoms with van der Waals surface area (Å²) in [6.07, 6.45) is 1.69. The molecular weight excluding hydrogens is 282 g/mol. The Bertz CT molecular complexity index is 391. The SMILES string of the molecule is CCN(C[C@@H]1CCCN(C(=O)OC(C)(C)C)C1)C(=O)[C@H](C)N. The van der Waals surface area contributed by atoms with Crippen molar-refractivity contribution in [2.45, 2.75) is 59.1 Å². The van der Waals surface area contributed by atoms with Crippen LogP contribution in [0.5, 0.6) is 0 Å². The molecule has 2 amide bonds. The van der Waals surface area contributed by atoms with Gasteiger partial charge < -0.3 is 20.3 Å². The van der Waals surface area contributed by atoms with E-state index in [-0.39, 0.29) is 17.9 Å². The van der Waals surface area contributed by atoms with Crippen LogP contribution in [-0.2, 0) is 9.53 Å². The number of amides is 2. The summed E-state index contributed by atoms with van der Waals surface area (Å²) in [5.41, 5.74) is 5.20. The van der Waals surface area contributed by atoms with E-state index >= 15 is 0 Å². The minimum atomic E-state index is -0.482. The average Bonchev–Trinajstić information content (AvgIpc) is 2.42. The van der Waals surface area contributed by atoms with Crippen molar-refractivity contribution >= 4 is 12.0 Å². The second-order valence-corrected chi connectivity index (χ2v) is 7.10. The lowest BCUT2D eigenvalue weighted by atomic mass is 9.97. The van der Waals surface area contributed by atoms with Gasteiger partial charge in [0.1, 0.15) is 5.60 Å². The third-order valence-electron chi connectivity index (χ3n) is 3.73.